The molecule has 4 aromatic rings. The first kappa shape index (κ1) is 21.3. The Kier molecular flexibility index (Phi) is 5.77. The van der Waals surface area contributed by atoms with Crippen LogP contribution in [0.2, 0.25) is 0 Å². The van der Waals surface area contributed by atoms with Crippen LogP contribution in [0.4, 0.5) is 0 Å². The molecule has 0 bridgehead atoms. The van der Waals surface area contributed by atoms with E-state index in [1.54, 1.807) is 43.3 Å². The van der Waals surface area contributed by atoms with Crippen molar-refractivity contribution in [2.45, 2.75) is 39.7 Å². The molecule has 0 saturated heterocycles. The van der Waals surface area contributed by atoms with Crippen LogP contribution < -0.4 is 16.7 Å². The molecule has 0 aliphatic carbocycles. The minimum absolute atomic E-state index is 0.319. The van der Waals surface area contributed by atoms with Crippen LogP contribution in [0.1, 0.15) is 42.7 Å². The topological polar surface area (TPSA) is 106 Å². The number of hydrogen-bond donors (Lipinski definition) is 2. The number of aryl methyl sites for hydroxylation is 2. The fourth-order valence-electron chi connectivity index (χ4n) is 3.98. The third kappa shape index (κ3) is 3.53. The summed E-state index contributed by atoms with van der Waals surface area (Å²) < 4.78 is 2.51. The van der Waals surface area contributed by atoms with Gasteiger partial charge in [-0.05, 0) is 38.0 Å². The Morgan fingerprint density at radius 2 is 1.72 bits per heavy atom. The molecule has 8 heteroatoms. The lowest BCUT2D eigenvalue weighted by Gasteiger charge is -2.17. The summed E-state index contributed by atoms with van der Waals surface area (Å²) in [6.07, 6.45) is 2.23. The number of hydrogen-bond acceptors (Lipinski definition) is 5. The zero-order valence-electron chi connectivity index (χ0n) is 18.0. The van der Waals surface area contributed by atoms with Gasteiger partial charge < -0.3 is 9.67 Å². The van der Waals surface area contributed by atoms with Crippen LogP contribution in [0, 0.1) is 0 Å². The maximum Gasteiger partial charge on any atom is 0.367 e. The van der Waals surface area contributed by atoms with Gasteiger partial charge in [-0.1, -0.05) is 43.7 Å². The molecule has 0 aliphatic heterocycles. The number of benzene rings is 2. The fraction of sp³-hybridized carbons (Fsp3) is 0.250. The maximum atomic E-state index is 13.2. The summed E-state index contributed by atoms with van der Waals surface area (Å²) in [4.78, 5) is 43.1. The molecule has 0 radical (unpaired) electrons. The predicted molar refractivity (Wildman–Crippen MR) is 124 cm³/mol. The van der Waals surface area contributed by atoms with Crippen molar-refractivity contribution in [3.63, 3.8) is 0 Å². The van der Waals surface area contributed by atoms with E-state index < -0.39 is 28.5 Å². The highest BCUT2D eigenvalue weighted by atomic mass is 16.3. The van der Waals surface area contributed by atoms with E-state index in [-0.39, 0.29) is 0 Å². The first-order valence-corrected chi connectivity index (χ1v) is 10.6. The number of aromatic nitrogens is 3. The van der Waals surface area contributed by atoms with Gasteiger partial charge in [-0.15, -0.1) is 0 Å². The van der Waals surface area contributed by atoms with Crippen molar-refractivity contribution in [3.05, 3.63) is 80.6 Å². The van der Waals surface area contributed by atoms with E-state index in [1.165, 1.54) is 4.57 Å². The summed E-state index contributed by atoms with van der Waals surface area (Å²) in [5.41, 5.74) is 2.50. The van der Waals surface area contributed by atoms with Crippen LogP contribution in [0.3, 0.4) is 0 Å². The number of rotatable bonds is 6. The fourth-order valence-corrected chi connectivity index (χ4v) is 3.98. The van der Waals surface area contributed by atoms with Gasteiger partial charge in [0.25, 0.3) is 11.5 Å². The molecule has 2 N–H and O–H groups in total. The maximum absolute atomic E-state index is 13.2. The van der Waals surface area contributed by atoms with Crippen LogP contribution in [-0.4, -0.2) is 25.2 Å². The Balaban J connectivity index is 1.89. The summed E-state index contributed by atoms with van der Waals surface area (Å²) in [6.45, 7) is 4.14. The van der Waals surface area contributed by atoms with Crippen molar-refractivity contribution < 1.29 is 9.90 Å². The molecule has 0 spiro atoms. The first-order chi connectivity index (χ1) is 15.5. The number of amides is 1. The van der Waals surface area contributed by atoms with Gasteiger partial charge in [-0.3, -0.25) is 15.0 Å². The molecule has 164 valence electrons. The normalized spacial score (nSPS) is 11.2. The summed E-state index contributed by atoms with van der Waals surface area (Å²) in [6, 6.07) is 14.0. The van der Waals surface area contributed by atoms with E-state index >= 15 is 0 Å². The second-order valence-electron chi connectivity index (χ2n) is 7.53. The lowest BCUT2D eigenvalue weighted by Crippen LogP contribution is -2.39. The monoisotopic (exact) mass is 432 g/mol. The molecular weight excluding hydrogens is 408 g/mol. The number of fused-ring (bicyclic) bond motifs is 2. The van der Waals surface area contributed by atoms with Gasteiger partial charge in [0.15, 0.2) is 0 Å². The van der Waals surface area contributed by atoms with E-state index in [1.807, 2.05) is 19.1 Å². The minimum atomic E-state index is -0.864. The summed E-state index contributed by atoms with van der Waals surface area (Å²) in [5.74, 6) is -1.28. The average Bonchev–Trinajstić information content (AvgIpc) is 2.79. The number of unbranched alkanes of at least 4 members (excludes halogenated alkanes) is 1. The molecule has 0 saturated carbocycles. The predicted octanol–water partition coefficient (Wildman–Crippen LogP) is 3.16. The van der Waals surface area contributed by atoms with Crippen LogP contribution in [0.25, 0.3) is 21.8 Å². The van der Waals surface area contributed by atoms with Crippen molar-refractivity contribution in [3.8, 4) is 5.75 Å². The number of nitrogens with one attached hydrogen (secondary N) is 1. The Hall–Kier alpha value is -3.94. The number of carbonyl (C=O) groups is 1. The third-order valence-electron chi connectivity index (χ3n) is 5.56. The van der Waals surface area contributed by atoms with Crippen molar-refractivity contribution in [1.29, 1.82) is 0 Å². The highest BCUT2D eigenvalue weighted by molar-refractivity contribution is 6.06. The van der Waals surface area contributed by atoms with Crippen LogP contribution in [-0.2, 0) is 13.0 Å². The second-order valence-corrected chi connectivity index (χ2v) is 7.53. The quantitative estimate of drug-likeness (QED) is 0.487. The lowest BCUT2D eigenvalue weighted by molar-refractivity contribution is 0.100. The van der Waals surface area contributed by atoms with Gasteiger partial charge in [-0.25, -0.2) is 9.47 Å². The van der Waals surface area contributed by atoms with Crippen molar-refractivity contribution in [1.82, 2.24) is 14.2 Å². The molecule has 4 rings (SSSR count). The molecule has 2 heterocycles. The number of pyridine rings is 1. The Bertz CT molecular complexity index is 1450. The average molecular weight is 432 g/mol. The Labute approximate surface area is 183 Å². The van der Waals surface area contributed by atoms with Gasteiger partial charge in [0.1, 0.15) is 11.3 Å². The van der Waals surface area contributed by atoms with Crippen molar-refractivity contribution in [2.75, 3.05) is 5.43 Å². The molecule has 32 heavy (non-hydrogen) atoms. The minimum Gasteiger partial charge on any atom is -0.506 e. The molecule has 2 aromatic heterocycles. The largest absolute Gasteiger partial charge is 0.506 e. The molecule has 0 fully saturated rings. The molecular formula is C24H24N4O4. The van der Waals surface area contributed by atoms with Gasteiger partial charge in [0.2, 0.25) is 0 Å². The summed E-state index contributed by atoms with van der Waals surface area (Å²) in [5, 5.41) is 11.9. The van der Waals surface area contributed by atoms with Gasteiger partial charge in [0.05, 0.1) is 16.7 Å². The van der Waals surface area contributed by atoms with Crippen molar-refractivity contribution >= 4 is 27.7 Å². The van der Waals surface area contributed by atoms with E-state index in [0.29, 0.717) is 35.1 Å². The Morgan fingerprint density at radius 3 is 2.44 bits per heavy atom. The van der Waals surface area contributed by atoms with Gasteiger partial charge in [0, 0.05) is 17.3 Å². The smallest absolute Gasteiger partial charge is 0.367 e. The third-order valence-corrected chi connectivity index (χ3v) is 5.56. The van der Waals surface area contributed by atoms with Gasteiger partial charge in [-0.2, -0.15) is 4.98 Å². The molecule has 2 aromatic carbocycles. The van der Waals surface area contributed by atoms with E-state index in [4.69, 9.17) is 0 Å². The standard InChI is InChI=1S/C24H24N4O4/c1-3-5-13-19-15-10-6-8-12-17(15)25-24(32)28(19)26-22(30)20-21(29)16-11-7-9-14-18(16)27(4-2)23(20)31/h6-12,14,29H,3-5,13H2,1-2H3,(H,26,30). The number of carbonyl (C=O) groups excluding carboxylic acids is 1. The molecule has 0 aliphatic rings. The molecule has 1 amide bonds. The second kappa shape index (κ2) is 8.66. The lowest BCUT2D eigenvalue weighted by atomic mass is 10.1. The number of para-hydroxylation sites is 2. The number of nitrogens with zero attached hydrogens (tertiary/aromatic N) is 3. The van der Waals surface area contributed by atoms with Crippen LogP contribution >= 0.6 is 0 Å². The SMILES string of the molecule is CCCCc1c2ccccc2nc(=O)n1NC(=O)c1c(O)c2ccccc2n(CC)c1=O. The highest BCUT2D eigenvalue weighted by Crippen LogP contribution is 2.26. The summed E-state index contributed by atoms with van der Waals surface area (Å²) >= 11 is 0. The molecule has 8 nitrogen and oxygen atoms in total. The Morgan fingerprint density at radius 1 is 1.03 bits per heavy atom. The van der Waals surface area contributed by atoms with Gasteiger partial charge >= 0.3 is 5.69 Å². The molecule has 0 atom stereocenters. The first-order valence-electron chi connectivity index (χ1n) is 10.6. The molecule has 0 unspecified atom stereocenters. The van der Waals surface area contributed by atoms with Crippen LogP contribution in [0.15, 0.2) is 58.1 Å². The van der Waals surface area contributed by atoms with Crippen LogP contribution in [0.5, 0.6) is 5.75 Å². The highest BCUT2D eigenvalue weighted by Gasteiger charge is 2.23. The van der Waals surface area contributed by atoms with E-state index in [2.05, 4.69) is 10.4 Å². The zero-order valence-corrected chi connectivity index (χ0v) is 18.0. The number of aromatic hydroxyl groups is 1. The van der Waals surface area contributed by atoms with E-state index in [9.17, 15) is 19.5 Å². The summed E-state index contributed by atoms with van der Waals surface area (Å²) in [7, 11) is 0. The van der Waals surface area contributed by atoms with Crippen molar-refractivity contribution in [2.24, 2.45) is 0 Å². The van der Waals surface area contributed by atoms with E-state index in [0.717, 1.165) is 22.9 Å². The zero-order chi connectivity index (χ0) is 22.8.